The first-order chi connectivity index (χ1) is 8.35. The highest BCUT2D eigenvalue weighted by Crippen LogP contribution is 2.26. The summed E-state index contributed by atoms with van der Waals surface area (Å²) in [5.41, 5.74) is 5.16. The molecule has 0 radical (unpaired) electrons. The van der Waals surface area contributed by atoms with E-state index >= 15 is 0 Å². The molecule has 0 atom stereocenters. The molecular formula is C10H17ClN2O5S. The number of esters is 1. The first kappa shape index (κ1) is 17.9. The van der Waals surface area contributed by atoms with Gasteiger partial charge in [0.25, 0.3) is 0 Å². The maximum absolute atomic E-state index is 12.0. The minimum Gasteiger partial charge on any atom is -0.465 e. The van der Waals surface area contributed by atoms with E-state index in [1.165, 1.54) is 21.0 Å². The van der Waals surface area contributed by atoms with Crippen molar-refractivity contribution in [3.63, 3.8) is 0 Å². The Morgan fingerprint density at radius 3 is 2.42 bits per heavy atom. The Hall–Kier alpha value is -1.09. The SMILES string of the molecule is COC(=O)c1c(C)oc(C)c1S(=O)(=O)NCCN.Cl. The molecule has 1 heterocycles. The van der Waals surface area contributed by atoms with E-state index in [1.54, 1.807) is 0 Å². The summed E-state index contributed by atoms with van der Waals surface area (Å²) >= 11 is 0. The Balaban J connectivity index is 0.00000324. The molecule has 9 heteroatoms. The number of hydrogen-bond donors (Lipinski definition) is 2. The zero-order valence-corrected chi connectivity index (χ0v) is 12.5. The van der Waals surface area contributed by atoms with Crippen LogP contribution in [-0.2, 0) is 14.8 Å². The number of hydrogen-bond acceptors (Lipinski definition) is 6. The summed E-state index contributed by atoms with van der Waals surface area (Å²) < 4.78 is 36.1. The zero-order chi connectivity index (χ0) is 13.9. The lowest BCUT2D eigenvalue weighted by atomic mass is 10.2. The summed E-state index contributed by atoms with van der Waals surface area (Å²) in [4.78, 5) is 11.4. The van der Waals surface area contributed by atoms with Crippen molar-refractivity contribution in [2.24, 2.45) is 5.73 Å². The van der Waals surface area contributed by atoms with Crippen molar-refractivity contribution >= 4 is 28.4 Å². The molecule has 0 aliphatic rings. The van der Waals surface area contributed by atoms with Crippen molar-refractivity contribution in [3.8, 4) is 0 Å². The molecule has 0 aliphatic carbocycles. The average Bonchev–Trinajstić information content (AvgIpc) is 2.61. The average molecular weight is 313 g/mol. The molecule has 0 bridgehead atoms. The number of rotatable bonds is 5. The van der Waals surface area contributed by atoms with Crippen LogP contribution in [0.5, 0.6) is 0 Å². The Bertz CT molecular complexity index is 553. The van der Waals surface area contributed by atoms with E-state index in [1.807, 2.05) is 0 Å². The number of methoxy groups -OCH3 is 1. The summed E-state index contributed by atoms with van der Waals surface area (Å²) in [5.74, 6) is -0.414. The van der Waals surface area contributed by atoms with Crippen LogP contribution in [0.15, 0.2) is 9.31 Å². The van der Waals surface area contributed by atoms with Crippen LogP contribution >= 0.6 is 12.4 Å². The summed E-state index contributed by atoms with van der Waals surface area (Å²) in [7, 11) is -2.67. The molecule has 1 aromatic heterocycles. The second kappa shape index (κ2) is 6.90. The van der Waals surface area contributed by atoms with Gasteiger partial charge in [-0.2, -0.15) is 0 Å². The number of furan rings is 1. The van der Waals surface area contributed by atoms with Crippen LogP contribution in [0.3, 0.4) is 0 Å². The van der Waals surface area contributed by atoms with Gasteiger partial charge in [0.1, 0.15) is 22.0 Å². The minimum atomic E-state index is -3.84. The third kappa shape index (κ3) is 3.69. The predicted octanol–water partition coefficient (Wildman–Crippen LogP) is 0.342. The predicted molar refractivity (Wildman–Crippen MR) is 71.0 cm³/mol. The lowest BCUT2D eigenvalue weighted by molar-refractivity contribution is 0.0595. The van der Waals surface area contributed by atoms with E-state index in [0.29, 0.717) is 0 Å². The first-order valence-electron chi connectivity index (χ1n) is 5.23. The molecule has 0 aliphatic heterocycles. The number of carbonyl (C=O) groups excluding carboxylic acids is 1. The topological polar surface area (TPSA) is 112 Å². The number of nitrogens with two attached hydrogens (primary N) is 1. The highest BCUT2D eigenvalue weighted by atomic mass is 35.5. The van der Waals surface area contributed by atoms with E-state index in [9.17, 15) is 13.2 Å². The summed E-state index contributed by atoms with van der Waals surface area (Å²) in [6, 6.07) is 0. The first-order valence-corrected chi connectivity index (χ1v) is 6.71. The fourth-order valence-electron chi connectivity index (χ4n) is 1.59. The zero-order valence-electron chi connectivity index (χ0n) is 10.8. The number of carbonyl (C=O) groups is 1. The minimum absolute atomic E-state index is 0. The van der Waals surface area contributed by atoms with Gasteiger partial charge in [-0.1, -0.05) is 0 Å². The smallest absolute Gasteiger partial charge is 0.342 e. The summed E-state index contributed by atoms with van der Waals surface area (Å²) in [6.45, 7) is 3.20. The third-order valence-corrected chi connectivity index (χ3v) is 3.91. The fourth-order valence-corrected chi connectivity index (χ4v) is 3.04. The van der Waals surface area contributed by atoms with Crippen LogP contribution in [0.25, 0.3) is 0 Å². The standard InChI is InChI=1S/C10H16N2O5S.ClH/c1-6-8(10(13)16-3)9(7(2)17-6)18(14,15)12-5-4-11;/h12H,4-5,11H2,1-3H3;1H. The molecule has 19 heavy (non-hydrogen) atoms. The summed E-state index contributed by atoms with van der Waals surface area (Å²) in [6.07, 6.45) is 0. The third-order valence-electron chi connectivity index (χ3n) is 2.30. The van der Waals surface area contributed by atoms with Gasteiger partial charge in [-0.25, -0.2) is 17.9 Å². The fraction of sp³-hybridized carbons (Fsp3) is 0.500. The Morgan fingerprint density at radius 2 is 1.95 bits per heavy atom. The second-order valence-electron chi connectivity index (χ2n) is 3.60. The van der Waals surface area contributed by atoms with Gasteiger partial charge in [-0.05, 0) is 13.8 Å². The number of halogens is 1. The Morgan fingerprint density at radius 1 is 1.37 bits per heavy atom. The van der Waals surface area contributed by atoms with Crippen molar-refractivity contribution < 1.29 is 22.4 Å². The van der Waals surface area contributed by atoms with Gasteiger partial charge >= 0.3 is 5.97 Å². The lowest BCUT2D eigenvalue weighted by Gasteiger charge is -2.06. The molecule has 0 unspecified atom stereocenters. The van der Waals surface area contributed by atoms with Crippen molar-refractivity contribution in [1.82, 2.24) is 4.72 Å². The Kier molecular flexibility index (Phi) is 6.50. The van der Waals surface area contributed by atoms with Crippen LogP contribution < -0.4 is 10.5 Å². The molecular weight excluding hydrogens is 296 g/mol. The largest absolute Gasteiger partial charge is 0.465 e. The van der Waals surface area contributed by atoms with E-state index in [-0.39, 0.29) is 47.5 Å². The van der Waals surface area contributed by atoms with E-state index in [2.05, 4.69) is 9.46 Å². The second-order valence-corrected chi connectivity index (χ2v) is 5.30. The number of aryl methyl sites for hydroxylation is 2. The molecule has 0 saturated heterocycles. The highest BCUT2D eigenvalue weighted by molar-refractivity contribution is 7.89. The number of ether oxygens (including phenoxy) is 1. The van der Waals surface area contributed by atoms with Crippen LogP contribution in [0.2, 0.25) is 0 Å². The highest BCUT2D eigenvalue weighted by Gasteiger charge is 2.31. The van der Waals surface area contributed by atoms with Gasteiger partial charge in [0, 0.05) is 13.1 Å². The van der Waals surface area contributed by atoms with Crippen LogP contribution in [0.1, 0.15) is 21.9 Å². The van der Waals surface area contributed by atoms with Gasteiger partial charge in [0.05, 0.1) is 7.11 Å². The molecule has 110 valence electrons. The monoisotopic (exact) mass is 312 g/mol. The molecule has 1 rings (SSSR count). The van der Waals surface area contributed by atoms with Crippen molar-refractivity contribution in [1.29, 1.82) is 0 Å². The van der Waals surface area contributed by atoms with Crippen LogP contribution in [-0.4, -0.2) is 34.6 Å². The molecule has 0 aromatic carbocycles. The van der Waals surface area contributed by atoms with Gasteiger partial charge in [-0.3, -0.25) is 0 Å². The van der Waals surface area contributed by atoms with Gasteiger partial charge in [0.2, 0.25) is 10.0 Å². The van der Waals surface area contributed by atoms with Crippen LogP contribution in [0, 0.1) is 13.8 Å². The number of sulfonamides is 1. The Labute approximate surface area is 117 Å². The molecule has 0 spiro atoms. The van der Waals surface area contributed by atoms with Crippen molar-refractivity contribution in [2.45, 2.75) is 18.7 Å². The van der Waals surface area contributed by atoms with Gasteiger partial charge in [-0.15, -0.1) is 12.4 Å². The lowest BCUT2D eigenvalue weighted by Crippen LogP contribution is -2.30. The summed E-state index contributed by atoms with van der Waals surface area (Å²) in [5, 5.41) is 0. The van der Waals surface area contributed by atoms with E-state index < -0.39 is 16.0 Å². The maximum atomic E-state index is 12.0. The molecule has 0 fully saturated rings. The quantitative estimate of drug-likeness (QED) is 0.758. The molecule has 0 amide bonds. The molecule has 3 N–H and O–H groups in total. The van der Waals surface area contributed by atoms with E-state index in [4.69, 9.17) is 10.2 Å². The van der Waals surface area contributed by atoms with Gasteiger partial charge in [0.15, 0.2) is 0 Å². The van der Waals surface area contributed by atoms with Crippen molar-refractivity contribution in [2.75, 3.05) is 20.2 Å². The van der Waals surface area contributed by atoms with E-state index in [0.717, 1.165) is 0 Å². The molecule has 0 saturated carbocycles. The molecule has 7 nitrogen and oxygen atoms in total. The maximum Gasteiger partial charge on any atom is 0.342 e. The van der Waals surface area contributed by atoms with Crippen molar-refractivity contribution in [3.05, 3.63) is 17.1 Å². The van der Waals surface area contributed by atoms with Gasteiger partial charge < -0.3 is 14.9 Å². The van der Waals surface area contributed by atoms with Crippen LogP contribution in [0.4, 0.5) is 0 Å². The number of nitrogens with one attached hydrogen (secondary N) is 1. The molecule has 1 aromatic rings. The normalized spacial score (nSPS) is 10.9.